The van der Waals surface area contributed by atoms with E-state index in [1.54, 1.807) is 18.3 Å². The number of rotatable bonds is 6. The van der Waals surface area contributed by atoms with Gasteiger partial charge in [0.1, 0.15) is 11.9 Å². The van der Waals surface area contributed by atoms with E-state index < -0.39 is 0 Å². The molecule has 142 valence electrons. The SMILES string of the molecule is Cc1c(C#N)c(NC(=O)CSc2ccc(Cl)cn2)n(Cc2ccccc2)c1C. The molecule has 3 aromatic rings. The highest BCUT2D eigenvalue weighted by Crippen LogP contribution is 2.28. The Morgan fingerprint density at radius 1 is 1.25 bits per heavy atom. The Balaban J connectivity index is 1.79. The number of hydrogen-bond acceptors (Lipinski definition) is 4. The van der Waals surface area contributed by atoms with Crippen molar-refractivity contribution >= 4 is 35.1 Å². The lowest BCUT2D eigenvalue weighted by Gasteiger charge is -2.13. The Labute approximate surface area is 173 Å². The number of pyridine rings is 1. The highest BCUT2D eigenvalue weighted by atomic mass is 35.5. The summed E-state index contributed by atoms with van der Waals surface area (Å²) in [5.41, 5.74) is 3.43. The van der Waals surface area contributed by atoms with E-state index in [-0.39, 0.29) is 11.7 Å². The van der Waals surface area contributed by atoms with Gasteiger partial charge in [0, 0.05) is 18.4 Å². The van der Waals surface area contributed by atoms with Crippen molar-refractivity contribution in [3.63, 3.8) is 0 Å². The van der Waals surface area contributed by atoms with Crippen LogP contribution in [0.25, 0.3) is 0 Å². The van der Waals surface area contributed by atoms with Crippen LogP contribution in [0.1, 0.15) is 22.4 Å². The fourth-order valence-electron chi connectivity index (χ4n) is 2.85. The van der Waals surface area contributed by atoms with Crippen LogP contribution in [0.3, 0.4) is 0 Å². The normalized spacial score (nSPS) is 10.5. The Bertz CT molecular complexity index is 1020. The molecule has 28 heavy (non-hydrogen) atoms. The molecule has 2 aromatic heterocycles. The summed E-state index contributed by atoms with van der Waals surface area (Å²) >= 11 is 7.15. The molecule has 3 rings (SSSR count). The predicted octanol–water partition coefficient (Wildman–Crippen LogP) is 4.80. The van der Waals surface area contributed by atoms with Crippen LogP contribution in [0, 0.1) is 25.2 Å². The van der Waals surface area contributed by atoms with E-state index >= 15 is 0 Å². The molecular formula is C21H19ClN4OS. The summed E-state index contributed by atoms with van der Waals surface area (Å²) in [7, 11) is 0. The van der Waals surface area contributed by atoms with E-state index in [1.807, 2.05) is 48.7 Å². The number of carbonyl (C=O) groups is 1. The van der Waals surface area contributed by atoms with Crippen LogP contribution in [0.2, 0.25) is 5.02 Å². The van der Waals surface area contributed by atoms with Gasteiger partial charge >= 0.3 is 0 Å². The molecule has 2 heterocycles. The van der Waals surface area contributed by atoms with Crippen molar-refractivity contribution in [1.82, 2.24) is 9.55 Å². The van der Waals surface area contributed by atoms with Gasteiger partial charge in [-0.3, -0.25) is 4.79 Å². The van der Waals surface area contributed by atoms with Crippen molar-refractivity contribution in [3.8, 4) is 6.07 Å². The lowest BCUT2D eigenvalue weighted by atomic mass is 10.2. The zero-order valence-corrected chi connectivity index (χ0v) is 17.1. The van der Waals surface area contributed by atoms with Crippen LogP contribution in [0.15, 0.2) is 53.7 Å². The minimum absolute atomic E-state index is 0.189. The first kappa shape index (κ1) is 20.0. The van der Waals surface area contributed by atoms with Crippen molar-refractivity contribution in [1.29, 1.82) is 5.26 Å². The molecule has 0 unspecified atom stereocenters. The smallest absolute Gasteiger partial charge is 0.235 e. The van der Waals surface area contributed by atoms with Crippen molar-refractivity contribution in [2.24, 2.45) is 0 Å². The maximum Gasteiger partial charge on any atom is 0.235 e. The fraction of sp³-hybridized carbons (Fsp3) is 0.190. The number of anilines is 1. The third-order valence-electron chi connectivity index (χ3n) is 4.43. The van der Waals surface area contributed by atoms with Gasteiger partial charge in [-0.15, -0.1) is 0 Å². The Hall–Kier alpha value is -2.75. The molecule has 0 spiro atoms. The van der Waals surface area contributed by atoms with Crippen LogP contribution in [0.5, 0.6) is 0 Å². The summed E-state index contributed by atoms with van der Waals surface area (Å²) in [6.45, 7) is 4.44. The highest BCUT2D eigenvalue weighted by Gasteiger charge is 2.19. The number of nitrogens with zero attached hydrogens (tertiary/aromatic N) is 3. The number of nitrogens with one attached hydrogen (secondary N) is 1. The van der Waals surface area contributed by atoms with Gasteiger partial charge in [0.25, 0.3) is 0 Å². The number of amides is 1. The maximum atomic E-state index is 12.5. The fourth-order valence-corrected chi connectivity index (χ4v) is 3.60. The van der Waals surface area contributed by atoms with E-state index in [1.165, 1.54) is 11.8 Å². The summed E-state index contributed by atoms with van der Waals surface area (Å²) in [6.07, 6.45) is 1.55. The molecule has 0 fully saturated rings. The largest absolute Gasteiger partial charge is 0.326 e. The molecule has 0 atom stereocenters. The minimum Gasteiger partial charge on any atom is -0.326 e. The van der Waals surface area contributed by atoms with Gasteiger partial charge in [0.2, 0.25) is 5.91 Å². The molecule has 1 aromatic carbocycles. The van der Waals surface area contributed by atoms with Gasteiger partial charge in [-0.2, -0.15) is 5.26 Å². The van der Waals surface area contributed by atoms with Crippen LogP contribution < -0.4 is 5.32 Å². The zero-order chi connectivity index (χ0) is 20.1. The Morgan fingerprint density at radius 3 is 2.64 bits per heavy atom. The standard InChI is InChI=1S/C21H19ClN4OS/c1-14-15(2)26(12-16-6-4-3-5-7-16)21(18(14)10-23)25-19(27)13-28-20-9-8-17(22)11-24-20/h3-9,11H,12-13H2,1-2H3,(H,25,27). The van der Waals surface area contributed by atoms with Gasteiger partial charge in [0.05, 0.1) is 21.4 Å². The highest BCUT2D eigenvalue weighted by molar-refractivity contribution is 7.99. The minimum atomic E-state index is -0.190. The molecule has 0 aliphatic carbocycles. The lowest BCUT2D eigenvalue weighted by molar-refractivity contribution is -0.113. The molecule has 7 heteroatoms. The summed E-state index contributed by atoms with van der Waals surface area (Å²) < 4.78 is 1.98. The van der Waals surface area contributed by atoms with E-state index in [9.17, 15) is 10.1 Å². The van der Waals surface area contributed by atoms with Gasteiger partial charge in [-0.25, -0.2) is 4.98 Å². The Morgan fingerprint density at radius 2 is 2.00 bits per heavy atom. The van der Waals surface area contributed by atoms with Crippen LogP contribution in [0.4, 0.5) is 5.82 Å². The first-order chi connectivity index (χ1) is 13.5. The molecule has 0 aliphatic rings. The topological polar surface area (TPSA) is 70.7 Å². The van der Waals surface area contributed by atoms with Gasteiger partial charge < -0.3 is 9.88 Å². The number of aromatic nitrogens is 2. The second-order valence-electron chi connectivity index (χ2n) is 6.27. The molecule has 1 N–H and O–H groups in total. The second-order valence-corrected chi connectivity index (χ2v) is 7.70. The molecule has 0 bridgehead atoms. The van der Waals surface area contributed by atoms with E-state index in [2.05, 4.69) is 16.4 Å². The molecule has 0 saturated heterocycles. The molecular weight excluding hydrogens is 392 g/mol. The zero-order valence-electron chi connectivity index (χ0n) is 15.6. The molecule has 0 aliphatic heterocycles. The average molecular weight is 411 g/mol. The van der Waals surface area contributed by atoms with Crippen molar-refractivity contribution in [3.05, 3.63) is 76.1 Å². The molecule has 0 saturated carbocycles. The maximum absolute atomic E-state index is 12.5. The van der Waals surface area contributed by atoms with Crippen LogP contribution >= 0.6 is 23.4 Å². The number of hydrogen-bond donors (Lipinski definition) is 1. The molecule has 5 nitrogen and oxygen atoms in total. The van der Waals surface area contributed by atoms with Crippen LogP contribution in [-0.2, 0) is 11.3 Å². The van der Waals surface area contributed by atoms with Gasteiger partial charge in [0.15, 0.2) is 0 Å². The second kappa shape index (κ2) is 8.96. The molecule has 0 radical (unpaired) electrons. The number of thioether (sulfide) groups is 1. The van der Waals surface area contributed by atoms with Crippen molar-refractivity contribution < 1.29 is 4.79 Å². The van der Waals surface area contributed by atoms with Gasteiger partial charge in [-0.1, -0.05) is 53.7 Å². The summed E-state index contributed by atoms with van der Waals surface area (Å²) in [5.74, 6) is 0.537. The average Bonchev–Trinajstić information content (AvgIpc) is 2.92. The lowest BCUT2D eigenvalue weighted by Crippen LogP contribution is -2.18. The molecule has 1 amide bonds. The predicted molar refractivity (Wildman–Crippen MR) is 113 cm³/mol. The third kappa shape index (κ3) is 4.56. The third-order valence-corrected chi connectivity index (χ3v) is 5.60. The quantitative estimate of drug-likeness (QED) is 0.592. The number of halogens is 1. The van der Waals surface area contributed by atoms with Gasteiger partial charge in [-0.05, 0) is 37.1 Å². The van der Waals surface area contributed by atoms with Crippen molar-refractivity contribution in [2.75, 3.05) is 11.1 Å². The monoisotopic (exact) mass is 410 g/mol. The van der Waals surface area contributed by atoms with Crippen molar-refractivity contribution in [2.45, 2.75) is 25.4 Å². The Kier molecular flexibility index (Phi) is 6.40. The first-order valence-corrected chi connectivity index (χ1v) is 10.0. The number of benzene rings is 1. The van der Waals surface area contributed by atoms with Crippen LogP contribution in [-0.4, -0.2) is 21.2 Å². The van der Waals surface area contributed by atoms with E-state index in [0.717, 1.165) is 16.8 Å². The summed E-state index contributed by atoms with van der Waals surface area (Å²) in [6, 6.07) is 15.7. The number of carbonyl (C=O) groups excluding carboxylic acids is 1. The number of nitriles is 1. The van der Waals surface area contributed by atoms with E-state index in [4.69, 9.17) is 11.6 Å². The summed E-state index contributed by atoms with van der Waals surface area (Å²) in [4.78, 5) is 16.7. The van der Waals surface area contributed by atoms with E-state index in [0.29, 0.717) is 28.0 Å². The first-order valence-electron chi connectivity index (χ1n) is 8.67. The summed E-state index contributed by atoms with van der Waals surface area (Å²) in [5, 5.41) is 13.8.